The van der Waals surface area contributed by atoms with Gasteiger partial charge < -0.3 is 4.90 Å². The van der Waals surface area contributed by atoms with Gasteiger partial charge in [0.05, 0.1) is 5.02 Å². The number of benzene rings is 2. The Bertz CT molecular complexity index is 1030. The summed E-state index contributed by atoms with van der Waals surface area (Å²) in [6.45, 7) is 4.87. The number of hydrogen-bond donors (Lipinski definition) is 1. The maximum atomic E-state index is 12.1. The monoisotopic (exact) mass is 396 g/mol. The molecule has 3 rings (SSSR count). The zero-order chi connectivity index (χ0) is 20.1. The molecule has 1 amide bonds. The Kier molecular flexibility index (Phi) is 6.21. The van der Waals surface area contributed by atoms with E-state index in [1.54, 1.807) is 11.0 Å². The largest absolute Gasteiger partial charge is 0.348 e. The zero-order valence-corrected chi connectivity index (χ0v) is 16.5. The highest BCUT2D eigenvalue weighted by atomic mass is 35.5. The van der Waals surface area contributed by atoms with Crippen molar-refractivity contribution in [2.24, 2.45) is 0 Å². The minimum Gasteiger partial charge on any atom is -0.339 e. The summed E-state index contributed by atoms with van der Waals surface area (Å²) in [7, 11) is 0. The third-order valence-electron chi connectivity index (χ3n) is 4.38. The topological polar surface area (TPSA) is 79.0 Å². The number of amides is 1. The summed E-state index contributed by atoms with van der Waals surface area (Å²) in [6, 6.07) is 14.7. The zero-order valence-electron chi connectivity index (χ0n) is 15.8. The van der Waals surface area contributed by atoms with Gasteiger partial charge in [0.1, 0.15) is 5.82 Å². The molecule has 0 radical (unpaired) electrons. The Morgan fingerprint density at radius 1 is 1.11 bits per heavy atom. The van der Waals surface area contributed by atoms with Crippen molar-refractivity contribution in [3.63, 3.8) is 0 Å². The average molecular weight is 397 g/mol. The predicted octanol–water partition coefficient (Wildman–Crippen LogP) is 3.91. The summed E-state index contributed by atoms with van der Waals surface area (Å²) in [5, 5.41) is 0.460. The van der Waals surface area contributed by atoms with Crippen LogP contribution in [0.15, 0.2) is 53.3 Å². The minimum atomic E-state index is -0.498. The van der Waals surface area contributed by atoms with Gasteiger partial charge in [0.15, 0.2) is 5.82 Å². The molecule has 28 heavy (non-hydrogen) atoms. The molecule has 0 aliphatic rings. The van der Waals surface area contributed by atoms with Gasteiger partial charge in [0.25, 0.3) is 0 Å². The molecule has 0 atom stereocenters. The van der Waals surface area contributed by atoms with Crippen LogP contribution < -0.4 is 5.69 Å². The Hall–Kier alpha value is -2.99. The van der Waals surface area contributed by atoms with Gasteiger partial charge in [0.2, 0.25) is 5.91 Å². The van der Waals surface area contributed by atoms with Crippen molar-refractivity contribution in [3.8, 4) is 22.8 Å². The van der Waals surface area contributed by atoms with Crippen LogP contribution in [-0.4, -0.2) is 32.3 Å². The number of nitrogens with zero attached hydrogens (tertiary/aromatic N) is 3. The molecule has 1 N–H and O–H groups in total. The van der Waals surface area contributed by atoms with E-state index >= 15 is 0 Å². The highest BCUT2D eigenvalue weighted by Gasteiger charge is 2.14. The van der Waals surface area contributed by atoms with Crippen molar-refractivity contribution in [2.45, 2.75) is 26.8 Å². The highest BCUT2D eigenvalue weighted by Crippen LogP contribution is 2.27. The van der Waals surface area contributed by atoms with Crippen LogP contribution in [0.1, 0.15) is 25.8 Å². The van der Waals surface area contributed by atoms with Gasteiger partial charge in [-0.3, -0.25) is 9.78 Å². The fourth-order valence-electron chi connectivity index (χ4n) is 2.90. The highest BCUT2D eigenvalue weighted by molar-refractivity contribution is 6.33. The third kappa shape index (κ3) is 4.46. The molecule has 0 aliphatic carbocycles. The maximum Gasteiger partial charge on any atom is 0.348 e. The Balaban J connectivity index is 2.01. The van der Waals surface area contributed by atoms with Crippen molar-refractivity contribution >= 4 is 17.5 Å². The number of aromatic amines is 1. The number of carbonyl (C=O) groups excluding carboxylic acids is 1. The van der Waals surface area contributed by atoms with E-state index in [9.17, 15) is 9.59 Å². The van der Waals surface area contributed by atoms with Crippen molar-refractivity contribution in [3.05, 3.63) is 69.6 Å². The molecule has 7 heteroatoms. The molecular weight excluding hydrogens is 376 g/mol. The molecule has 0 saturated carbocycles. The van der Waals surface area contributed by atoms with E-state index in [0.29, 0.717) is 41.7 Å². The number of halogens is 1. The molecule has 1 heterocycles. The minimum absolute atomic E-state index is 0.0841. The van der Waals surface area contributed by atoms with Gasteiger partial charge in [-0.2, -0.15) is 4.98 Å². The molecule has 0 bridgehead atoms. The first-order chi connectivity index (χ1) is 13.5. The first-order valence-corrected chi connectivity index (χ1v) is 9.50. The number of rotatable bonds is 6. The van der Waals surface area contributed by atoms with Gasteiger partial charge in [-0.25, -0.2) is 9.78 Å². The van der Waals surface area contributed by atoms with Crippen LogP contribution in [0.2, 0.25) is 5.02 Å². The summed E-state index contributed by atoms with van der Waals surface area (Å²) in [6.07, 6.45) is 0.452. The van der Waals surface area contributed by atoms with E-state index in [-0.39, 0.29) is 5.91 Å². The van der Waals surface area contributed by atoms with Crippen LogP contribution in [0.25, 0.3) is 22.8 Å². The van der Waals surface area contributed by atoms with Gasteiger partial charge >= 0.3 is 5.69 Å². The van der Waals surface area contributed by atoms with Gasteiger partial charge in [-0.15, -0.1) is 0 Å². The summed E-state index contributed by atoms with van der Waals surface area (Å²) in [4.78, 5) is 37.0. The predicted molar refractivity (Wildman–Crippen MR) is 110 cm³/mol. The van der Waals surface area contributed by atoms with Crippen molar-refractivity contribution in [1.29, 1.82) is 0 Å². The summed E-state index contributed by atoms with van der Waals surface area (Å²) < 4.78 is 0. The molecule has 3 aromatic rings. The second-order valence-corrected chi connectivity index (χ2v) is 6.67. The number of H-pyrrole nitrogens is 1. The molecule has 0 unspecified atom stereocenters. The van der Waals surface area contributed by atoms with E-state index in [4.69, 9.17) is 11.6 Å². The number of carbonyl (C=O) groups is 1. The Morgan fingerprint density at radius 2 is 1.86 bits per heavy atom. The lowest BCUT2D eigenvalue weighted by Gasteiger charge is -2.20. The molecular formula is C21H21ClN4O2. The third-order valence-corrected chi connectivity index (χ3v) is 4.71. The molecule has 144 valence electrons. The standard InChI is InChI=1S/C21H21ClN4O2/c1-3-18(27)26(4-2)13-14-10-11-17(22)16(12-14)20-23-19(24-21(28)25-20)15-8-6-5-7-9-15/h5-12H,3-4,13H2,1-2H3,(H,23,24,25,28). The van der Waals surface area contributed by atoms with Crippen LogP contribution >= 0.6 is 11.6 Å². The van der Waals surface area contributed by atoms with Crippen LogP contribution in [0, 0.1) is 0 Å². The second-order valence-electron chi connectivity index (χ2n) is 6.27. The number of aromatic nitrogens is 3. The van der Waals surface area contributed by atoms with E-state index < -0.39 is 5.69 Å². The number of nitrogens with one attached hydrogen (secondary N) is 1. The van der Waals surface area contributed by atoms with Crippen LogP contribution in [0.3, 0.4) is 0 Å². The average Bonchev–Trinajstić information content (AvgIpc) is 2.72. The number of hydrogen-bond acceptors (Lipinski definition) is 4. The normalized spacial score (nSPS) is 10.7. The van der Waals surface area contributed by atoms with Crippen molar-refractivity contribution in [2.75, 3.05) is 6.54 Å². The quantitative estimate of drug-likeness (QED) is 0.685. The fraction of sp³-hybridized carbons (Fsp3) is 0.238. The lowest BCUT2D eigenvalue weighted by Crippen LogP contribution is -2.29. The summed E-state index contributed by atoms with van der Waals surface area (Å²) >= 11 is 6.38. The molecule has 0 spiro atoms. The van der Waals surface area contributed by atoms with Crippen LogP contribution in [-0.2, 0) is 11.3 Å². The van der Waals surface area contributed by atoms with Crippen molar-refractivity contribution < 1.29 is 4.79 Å². The van der Waals surface area contributed by atoms with Crippen LogP contribution in [0.4, 0.5) is 0 Å². The van der Waals surface area contributed by atoms with Crippen molar-refractivity contribution in [1.82, 2.24) is 19.9 Å². The Labute approximate surface area is 168 Å². The maximum absolute atomic E-state index is 12.1. The first kappa shape index (κ1) is 19.8. The lowest BCUT2D eigenvalue weighted by molar-refractivity contribution is -0.131. The molecule has 0 saturated heterocycles. The van der Waals surface area contributed by atoms with Gasteiger partial charge in [-0.1, -0.05) is 54.9 Å². The molecule has 0 aliphatic heterocycles. The molecule has 2 aromatic carbocycles. The smallest absolute Gasteiger partial charge is 0.339 e. The van der Waals surface area contributed by atoms with Gasteiger partial charge in [0, 0.05) is 30.6 Å². The summed E-state index contributed by atoms with van der Waals surface area (Å²) in [5.41, 5.74) is 1.74. The first-order valence-electron chi connectivity index (χ1n) is 9.12. The SMILES string of the molecule is CCC(=O)N(CC)Cc1ccc(Cl)c(-c2nc(-c3ccccc3)nc(=O)[nH]2)c1. The lowest BCUT2D eigenvalue weighted by atomic mass is 10.1. The fourth-order valence-corrected chi connectivity index (χ4v) is 3.11. The van der Waals surface area contributed by atoms with E-state index in [0.717, 1.165) is 11.1 Å². The molecule has 6 nitrogen and oxygen atoms in total. The van der Waals surface area contributed by atoms with E-state index in [1.807, 2.05) is 56.3 Å². The second kappa shape index (κ2) is 8.80. The van der Waals surface area contributed by atoms with E-state index in [1.165, 1.54) is 0 Å². The Morgan fingerprint density at radius 3 is 2.54 bits per heavy atom. The van der Waals surface area contributed by atoms with Gasteiger partial charge in [-0.05, 0) is 24.6 Å². The molecule has 1 aromatic heterocycles. The summed E-state index contributed by atoms with van der Waals surface area (Å²) in [5.74, 6) is 0.758. The molecule has 0 fully saturated rings. The van der Waals surface area contributed by atoms with E-state index in [2.05, 4.69) is 15.0 Å². The van der Waals surface area contributed by atoms with Crippen LogP contribution in [0.5, 0.6) is 0 Å².